The molecule has 0 amide bonds. The van der Waals surface area contributed by atoms with Crippen LogP contribution in [0.25, 0.3) is 77.9 Å². The number of rotatable bonds is 10. The van der Waals surface area contributed by atoms with E-state index in [9.17, 15) is 0 Å². The lowest BCUT2D eigenvalue weighted by Crippen LogP contribution is -2.52. The van der Waals surface area contributed by atoms with Gasteiger partial charge in [0.2, 0.25) is 0 Å². The van der Waals surface area contributed by atoms with Crippen molar-refractivity contribution >= 4 is 144 Å². The van der Waals surface area contributed by atoms with Gasteiger partial charge in [-0.05, 0) is 156 Å². The number of para-hydroxylation sites is 4. The molecule has 21 rings (SSSR count). The quantitative estimate of drug-likeness (QED) is 0.0565. The monoisotopic (exact) mass is 1660 g/mol. The second-order valence-electron chi connectivity index (χ2n) is 28.7. The van der Waals surface area contributed by atoms with Crippen LogP contribution in [0.1, 0.15) is 59.3 Å². The first-order chi connectivity index (χ1) is 58.0. The fraction of sp³-hybridized carbons (Fsp3) is 0.367. The number of morpholine rings is 4. The van der Waals surface area contributed by atoms with Crippen molar-refractivity contribution in [1.29, 1.82) is 0 Å². The lowest BCUT2D eigenvalue weighted by Gasteiger charge is -2.44. The number of halogens is 2. The highest BCUT2D eigenvalue weighted by Gasteiger charge is 2.52. The Kier molecular flexibility index (Phi) is 27.9. The second kappa shape index (κ2) is 39.6. The number of anilines is 5. The Hall–Kier alpha value is -11.8. The number of aromatic amines is 1. The van der Waals surface area contributed by atoms with Gasteiger partial charge in [-0.2, -0.15) is 44.6 Å². The van der Waals surface area contributed by atoms with Crippen LogP contribution in [-0.2, 0) is 42.6 Å². The predicted molar refractivity (Wildman–Crippen MR) is 449 cm³/mol. The van der Waals surface area contributed by atoms with Crippen LogP contribution in [0.15, 0.2) is 167 Å². The number of nitrogens with two attached hydrogens (primary N) is 3. The Bertz CT molecular complexity index is 5600. The molecule has 15 aromatic rings. The van der Waals surface area contributed by atoms with E-state index in [1.54, 1.807) is 22.7 Å². The van der Waals surface area contributed by atoms with Gasteiger partial charge in [0.25, 0.3) is 12.0 Å². The standard InChI is InChI=1S/C22H26N8O2.C17H16N6O2.C13H17BN2O3.C10H11ClN4O.C6H5N3.C5H10O.C4H4ClN3.C2H2O2/c1-3-7-19-17(5-1)23-25-29(19)21(27-9-13-31-14-10-27)22(28-11-15-32-16-12-28)30-20-8-4-2-6-18(20)24-26-30;18-17-20-13-9-11(1-3-14(13)25-17)12-2-4-15-19-10-16(23(15)21-12)22-5-7-24-8-6-22;1-12(2)13(3,4)19-14(18-12)8-5-6-10-9(7-8)16-11(15)17-10;11-8-1-2-9-12-7-10(15(9)13-8)14-3-5-16-6-4-14;1-2-4-6-5(3-1)7-9-8-6;1-2-4-6-5-3-1;5-3-1-2-4(6)8-7-3;3-1-2-4/h1-8,21-22H,9-16H2;1-4,9-10H,5-8H2,(H2,18,20);5-7H,1-4H3,(H2,15,16);1-2,7H,3-6H2;1-4H,(H,7,8,9);1-5H2;1-2H,(H2,6,8);1-2H. The van der Waals surface area contributed by atoms with Crippen molar-refractivity contribution in [2.45, 2.75) is 70.5 Å². The van der Waals surface area contributed by atoms with Crippen molar-refractivity contribution in [2.75, 3.05) is 145 Å². The number of aromatic nitrogens is 19. The molecule has 5 aromatic carbocycles. The molecule has 119 heavy (non-hydrogen) atoms. The summed E-state index contributed by atoms with van der Waals surface area (Å²) in [7, 11) is -0.396. The summed E-state index contributed by atoms with van der Waals surface area (Å²) in [6.45, 7) is 22.5. The van der Waals surface area contributed by atoms with Crippen LogP contribution < -0.4 is 32.5 Å². The van der Waals surface area contributed by atoms with Gasteiger partial charge in [0.1, 0.15) is 56.4 Å². The number of oxazole rings is 2. The van der Waals surface area contributed by atoms with Gasteiger partial charge in [0.15, 0.2) is 51.8 Å². The minimum absolute atomic E-state index is 0.130. The van der Waals surface area contributed by atoms with E-state index in [1.807, 2.05) is 160 Å². The number of carbonyl (C=O) groups excluding carboxylic acids is 2. The first-order valence-electron chi connectivity index (χ1n) is 38.9. The van der Waals surface area contributed by atoms with Crippen molar-refractivity contribution in [3.63, 3.8) is 0 Å². The zero-order chi connectivity index (χ0) is 82.7. The Morgan fingerprint density at radius 1 is 0.462 bits per heavy atom. The topological polar surface area (TPSA) is 431 Å². The van der Waals surface area contributed by atoms with Gasteiger partial charge in [-0.1, -0.05) is 76.1 Å². The van der Waals surface area contributed by atoms with Crippen LogP contribution in [0.4, 0.5) is 29.5 Å². The van der Waals surface area contributed by atoms with E-state index in [0.29, 0.717) is 59.2 Å². The normalized spacial score (nSPS) is 17.2. The van der Waals surface area contributed by atoms with Crippen LogP contribution >= 0.6 is 23.2 Å². The van der Waals surface area contributed by atoms with Gasteiger partial charge in [-0.15, -0.1) is 20.4 Å². The van der Waals surface area contributed by atoms with Crippen molar-refractivity contribution in [3.05, 3.63) is 168 Å². The zero-order valence-electron chi connectivity index (χ0n) is 66.1. The zero-order valence-corrected chi connectivity index (χ0v) is 67.6. The summed E-state index contributed by atoms with van der Waals surface area (Å²) in [5.74, 6) is 2.34. The molecule has 6 saturated heterocycles. The number of aldehydes is 2. The number of nitrogens with one attached hydrogen (secondary N) is 1. The summed E-state index contributed by atoms with van der Waals surface area (Å²) < 4.78 is 57.5. The number of benzene rings is 5. The highest BCUT2D eigenvalue weighted by atomic mass is 35.5. The molecule has 620 valence electrons. The largest absolute Gasteiger partial charge is 0.494 e. The number of hydrogen-bond donors (Lipinski definition) is 4. The molecular formula is C79H91BCl2N26O11. The molecule has 6 fully saturated rings. The molecule has 2 atom stereocenters. The summed E-state index contributed by atoms with van der Waals surface area (Å²) in [4.78, 5) is 44.0. The predicted octanol–water partition coefficient (Wildman–Crippen LogP) is 8.66. The summed E-state index contributed by atoms with van der Waals surface area (Å²) in [6.07, 6.45) is 7.74. The lowest BCUT2D eigenvalue weighted by atomic mass is 9.79. The molecule has 6 aliphatic heterocycles. The van der Waals surface area contributed by atoms with E-state index in [1.165, 1.54) is 19.3 Å². The Morgan fingerprint density at radius 2 is 0.916 bits per heavy atom. The number of H-pyrrole nitrogens is 1. The first kappa shape index (κ1) is 83.7. The lowest BCUT2D eigenvalue weighted by molar-refractivity contribution is -0.122. The molecule has 0 saturated carbocycles. The molecule has 0 aliphatic carbocycles. The molecule has 0 bridgehead atoms. The fourth-order valence-corrected chi connectivity index (χ4v) is 13.9. The molecule has 37 nitrogen and oxygen atoms in total. The van der Waals surface area contributed by atoms with Crippen LogP contribution in [0.2, 0.25) is 10.3 Å². The first-order valence-corrected chi connectivity index (χ1v) is 39.6. The molecule has 40 heteroatoms. The number of nitrogens with zero attached hydrogens (tertiary/aromatic N) is 22. The maximum Gasteiger partial charge on any atom is 0.494 e. The van der Waals surface area contributed by atoms with Gasteiger partial charge in [0.05, 0.1) is 93.2 Å². The SMILES string of the molecule is C1CCOCC1.CC1(C)OB(c2ccc3oc(N)nc3c2)OC1(C)C.Clc1ccc2ncc(N3CCOCC3)n2n1.Nc1ccc(Cl)nn1.Nc1nc2cc(-c3ccc4ncc(N5CCOCC5)n4n3)ccc2o1.O=CC=O.c1ccc2c(c1)nnn2C(C(N1CCOCC1)n1nnc2ccccc21)N1CCOCC1.c1ccc2n[nH]nc2c1. The van der Waals surface area contributed by atoms with Crippen molar-refractivity contribution in [2.24, 2.45) is 0 Å². The van der Waals surface area contributed by atoms with Crippen LogP contribution in [0.5, 0.6) is 0 Å². The number of hydrogen-bond acceptors (Lipinski definition) is 32. The number of fused-ring (bicyclic) bond motifs is 7. The van der Waals surface area contributed by atoms with Crippen LogP contribution in [-0.4, -0.2) is 254 Å². The van der Waals surface area contributed by atoms with E-state index < -0.39 is 7.12 Å². The minimum Gasteiger partial charge on any atom is -0.424 e. The maximum atomic E-state index is 8.81. The third kappa shape index (κ3) is 20.8. The number of ether oxygens (including phenoxy) is 5. The van der Waals surface area contributed by atoms with E-state index in [-0.39, 0.29) is 48.1 Å². The third-order valence-corrected chi connectivity index (χ3v) is 20.8. The Labute approximate surface area is 692 Å². The molecule has 10 aromatic heterocycles. The highest BCUT2D eigenvalue weighted by molar-refractivity contribution is 6.62. The molecule has 2 unspecified atom stereocenters. The van der Waals surface area contributed by atoms with Gasteiger partial charge >= 0.3 is 7.12 Å². The molecule has 0 radical (unpaired) electrons. The van der Waals surface area contributed by atoms with Gasteiger partial charge in [0, 0.05) is 71.1 Å². The average Bonchev–Trinajstić information content (AvgIpc) is 1.64. The number of imidazole rings is 2. The van der Waals surface area contributed by atoms with Gasteiger partial charge < -0.3 is 68.8 Å². The summed E-state index contributed by atoms with van der Waals surface area (Å²) >= 11 is 11.3. The summed E-state index contributed by atoms with van der Waals surface area (Å²) in [5.41, 5.74) is 28.4. The van der Waals surface area contributed by atoms with E-state index in [0.717, 1.165) is 170 Å². The molecule has 7 N–H and O–H groups in total. The Morgan fingerprint density at radius 3 is 1.39 bits per heavy atom. The summed E-state index contributed by atoms with van der Waals surface area (Å²) in [6, 6.07) is 46.3. The van der Waals surface area contributed by atoms with Crippen molar-refractivity contribution in [1.82, 2.24) is 105 Å². The van der Waals surface area contributed by atoms with E-state index in [4.69, 9.17) is 96.9 Å². The van der Waals surface area contributed by atoms with Gasteiger partial charge in [-0.3, -0.25) is 19.4 Å². The van der Waals surface area contributed by atoms with E-state index >= 15 is 0 Å². The molecular weight excluding hydrogens is 1570 g/mol. The van der Waals surface area contributed by atoms with Crippen LogP contribution in [0, 0.1) is 0 Å². The third-order valence-electron chi connectivity index (χ3n) is 20.4. The molecule has 6 aliphatic rings. The van der Waals surface area contributed by atoms with E-state index in [2.05, 4.69) is 112 Å². The second-order valence-corrected chi connectivity index (χ2v) is 29.4. The molecule has 0 spiro atoms. The van der Waals surface area contributed by atoms with Gasteiger partial charge in [-0.25, -0.2) is 19.3 Å². The van der Waals surface area contributed by atoms with Crippen molar-refractivity contribution in [3.8, 4) is 11.3 Å². The number of carbonyl (C=O) groups is 2. The van der Waals surface area contributed by atoms with Crippen LogP contribution in [0.3, 0.4) is 0 Å². The average molecular weight is 1660 g/mol. The highest BCUT2D eigenvalue weighted by Crippen LogP contribution is 2.38. The molecule has 16 heterocycles. The van der Waals surface area contributed by atoms with Crippen molar-refractivity contribution < 1.29 is 51.4 Å². The Balaban J connectivity index is 0.000000120. The number of nitrogen functional groups attached to an aromatic ring is 3. The minimum atomic E-state index is -0.396. The smallest absolute Gasteiger partial charge is 0.424 e. The fourth-order valence-electron chi connectivity index (χ4n) is 13.7. The maximum absolute atomic E-state index is 8.81. The summed E-state index contributed by atoms with van der Waals surface area (Å²) in [5, 5.41) is 45.3.